The van der Waals surface area contributed by atoms with E-state index in [1.54, 1.807) is 0 Å². The van der Waals surface area contributed by atoms with Crippen LogP contribution < -0.4 is 0 Å². The van der Waals surface area contributed by atoms with Gasteiger partial charge < -0.3 is 35.7 Å². The zero-order valence-electron chi connectivity index (χ0n) is 16.8. The zero-order valence-corrected chi connectivity index (χ0v) is 19.5. The van der Waals surface area contributed by atoms with Crippen molar-refractivity contribution in [2.45, 2.75) is 21.5 Å². The van der Waals surface area contributed by atoms with Crippen molar-refractivity contribution in [2.75, 3.05) is 51.7 Å². The van der Waals surface area contributed by atoms with Gasteiger partial charge in [-0.15, -0.1) is 11.8 Å². The lowest BCUT2D eigenvalue weighted by molar-refractivity contribution is -0.148. The molecule has 0 rings (SSSR count). The largest absolute Gasteiger partial charge is 0.480 e. The minimum atomic E-state index is -1.64. The number of carbonyl (C=O) groups is 4. The molecule has 4 atom stereocenters. The van der Waals surface area contributed by atoms with Gasteiger partial charge in [0.15, 0.2) is 0 Å². The Morgan fingerprint density at radius 2 is 1.38 bits per heavy atom. The van der Waals surface area contributed by atoms with Gasteiger partial charge in [-0.3, -0.25) is 29.0 Å². The lowest BCUT2D eigenvalue weighted by Gasteiger charge is -2.38. The summed E-state index contributed by atoms with van der Waals surface area (Å²) in [6.07, 6.45) is -1.45. The molecule has 0 saturated carbocycles. The van der Waals surface area contributed by atoms with E-state index in [9.17, 15) is 44.7 Å². The Bertz CT molecular complexity index is 641. The summed E-state index contributed by atoms with van der Waals surface area (Å²) in [6, 6.07) is -1.64. The highest BCUT2D eigenvalue weighted by Gasteiger charge is 2.42. The number of carboxylic acids is 4. The maximum absolute atomic E-state index is 12.0. The molecule has 0 fully saturated rings. The molecule has 16 heteroatoms. The molecule has 32 heavy (non-hydrogen) atoms. The van der Waals surface area contributed by atoms with Crippen molar-refractivity contribution in [1.82, 2.24) is 9.80 Å². The van der Waals surface area contributed by atoms with Crippen LogP contribution in [0.15, 0.2) is 0 Å². The summed E-state index contributed by atoms with van der Waals surface area (Å²) >= 11 is 8.97. The smallest absolute Gasteiger partial charge is 0.322 e. The van der Waals surface area contributed by atoms with E-state index in [0.29, 0.717) is 11.8 Å². The summed E-state index contributed by atoms with van der Waals surface area (Å²) in [4.78, 5) is 47.2. The first-order valence-corrected chi connectivity index (χ1v) is 11.0. The molecule has 0 aromatic heterocycles. The van der Waals surface area contributed by atoms with Crippen LogP contribution in [-0.4, -0.2) is 143 Å². The maximum Gasteiger partial charge on any atom is 0.322 e. The average Bonchev–Trinajstić information content (AvgIpc) is 2.68. The Kier molecular flexibility index (Phi) is 14.2. The lowest BCUT2D eigenvalue weighted by atomic mass is 10.1. The van der Waals surface area contributed by atoms with Gasteiger partial charge in [0, 0.05) is 18.8 Å². The first kappa shape index (κ1) is 30.7. The van der Waals surface area contributed by atoms with Crippen LogP contribution in [0, 0.1) is 0 Å². The van der Waals surface area contributed by atoms with Crippen molar-refractivity contribution in [2.24, 2.45) is 0 Å². The predicted octanol–water partition coefficient (Wildman–Crippen LogP) is -2.70. The molecule has 0 aromatic rings. The van der Waals surface area contributed by atoms with Crippen molar-refractivity contribution in [3.8, 4) is 0 Å². The zero-order chi connectivity index (χ0) is 25.1. The van der Waals surface area contributed by atoms with Gasteiger partial charge >= 0.3 is 23.9 Å². The second kappa shape index (κ2) is 14.8. The van der Waals surface area contributed by atoms with Crippen molar-refractivity contribution in [3.63, 3.8) is 0 Å². The first-order chi connectivity index (χ1) is 14.8. The van der Waals surface area contributed by atoms with Crippen LogP contribution >= 0.6 is 37.0 Å². The quantitative estimate of drug-likeness (QED) is 0.0664. The number of hydrogen-bond acceptors (Lipinski definition) is 12. The van der Waals surface area contributed by atoms with E-state index in [1.165, 1.54) is 0 Å². The van der Waals surface area contributed by atoms with E-state index in [1.807, 2.05) is 0 Å². The summed E-state index contributed by atoms with van der Waals surface area (Å²) in [5, 5.41) is 64.7. The van der Waals surface area contributed by atoms with Crippen LogP contribution in [0.5, 0.6) is 0 Å². The van der Waals surface area contributed by atoms with Crippen LogP contribution in [0.25, 0.3) is 0 Å². The van der Waals surface area contributed by atoms with Crippen molar-refractivity contribution in [1.29, 1.82) is 0 Å². The number of nitrogens with zero attached hydrogens (tertiary/aromatic N) is 2. The highest BCUT2D eigenvalue weighted by atomic mass is 32.2. The van der Waals surface area contributed by atoms with E-state index >= 15 is 0 Å². The predicted molar refractivity (Wildman–Crippen MR) is 119 cm³/mol. The molecule has 0 amide bonds. The second-order valence-electron chi connectivity index (χ2n) is 6.69. The lowest BCUT2D eigenvalue weighted by Crippen LogP contribution is -2.55. The second-order valence-corrected chi connectivity index (χ2v) is 9.67. The van der Waals surface area contributed by atoms with Gasteiger partial charge in [-0.05, 0) is 0 Å². The summed E-state index contributed by atoms with van der Waals surface area (Å²) in [5.74, 6) is -5.74. The number of thiol groups is 2. The normalized spacial score (nSPS) is 16.3. The number of carboxylic acid groups (broad SMARTS) is 4. The highest BCUT2D eigenvalue weighted by Crippen LogP contribution is 2.39. The summed E-state index contributed by atoms with van der Waals surface area (Å²) in [5.41, 5.74) is 0. The number of rotatable bonds is 18. The topological polar surface area (TPSA) is 216 Å². The van der Waals surface area contributed by atoms with Crippen LogP contribution in [0.2, 0.25) is 0 Å². The molecule has 0 aliphatic heterocycles. The molecule has 13 nitrogen and oxygen atoms in total. The standard InChI is InChI=1S/C16H28N2O11S3/c19-6-9(32-16(31,8-30)10(21)7-20)14(15(28)29)18(5-13(26)27)2-1-17(3-11(22)23)4-12(24)25/h9-10,14,19-21,30-31H,1-8H2,(H,22,23)(H,24,25)(H,26,27)(H,28,29)/t9?,10-,14?,16-/m1/s1. The number of aliphatic carboxylic acids is 4. The maximum atomic E-state index is 12.0. The molecule has 0 aliphatic carbocycles. The molecular weight excluding hydrogens is 492 g/mol. The molecule has 7 N–H and O–H groups in total. The summed E-state index contributed by atoms with van der Waals surface area (Å²) in [7, 11) is 0. The summed E-state index contributed by atoms with van der Waals surface area (Å²) < 4.78 is -1.49. The van der Waals surface area contributed by atoms with Crippen molar-refractivity contribution < 1.29 is 54.9 Å². The molecule has 0 heterocycles. The number of hydrogen-bond donors (Lipinski definition) is 9. The molecule has 0 aromatic carbocycles. The summed E-state index contributed by atoms with van der Waals surface area (Å²) in [6.45, 7) is -4.33. The van der Waals surface area contributed by atoms with Crippen LogP contribution in [0.4, 0.5) is 0 Å². The molecule has 0 spiro atoms. The van der Waals surface area contributed by atoms with Crippen LogP contribution in [0.1, 0.15) is 0 Å². The van der Waals surface area contributed by atoms with Gasteiger partial charge in [0.05, 0.1) is 42.2 Å². The third-order valence-electron chi connectivity index (χ3n) is 4.21. The number of aliphatic hydroxyl groups excluding tert-OH is 3. The third-order valence-corrected chi connectivity index (χ3v) is 7.48. The molecular formula is C16H28N2O11S3. The van der Waals surface area contributed by atoms with Gasteiger partial charge in [0.1, 0.15) is 12.1 Å². The van der Waals surface area contributed by atoms with Gasteiger partial charge in [0.2, 0.25) is 0 Å². The van der Waals surface area contributed by atoms with Gasteiger partial charge in [0.25, 0.3) is 0 Å². The van der Waals surface area contributed by atoms with Crippen LogP contribution in [0.3, 0.4) is 0 Å². The fourth-order valence-electron chi connectivity index (χ4n) is 2.73. The molecule has 0 aliphatic rings. The van der Waals surface area contributed by atoms with E-state index in [4.69, 9.17) is 10.2 Å². The first-order valence-electron chi connectivity index (χ1n) is 9.06. The number of aliphatic hydroxyl groups is 3. The number of thioether (sulfide) groups is 1. The Morgan fingerprint density at radius 1 is 0.875 bits per heavy atom. The Hall–Kier alpha value is -1.27. The Labute approximate surface area is 198 Å². The minimum Gasteiger partial charge on any atom is -0.480 e. The monoisotopic (exact) mass is 520 g/mol. The average molecular weight is 521 g/mol. The third kappa shape index (κ3) is 10.6. The van der Waals surface area contributed by atoms with Crippen molar-refractivity contribution in [3.05, 3.63) is 0 Å². The fourth-order valence-corrected chi connectivity index (χ4v) is 4.98. The fraction of sp³-hybridized carbons (Fsp3) is 0.750. The van der Waals surface area contributed by atoms with Crippen LogP contribution in [-0.2, 0) is 19.2 Å². The molecule has 0 radical (unpaired) electrons. The molecule has 0 saturated heterocycles. The Morgan fingerprint density at radius 3 is 1.72 bits per heavy atom. The van der Waals surface area contributed by atoms with E-state index in [0.717, 1.165) is 9.80 Å². The van der Waals surface area contributed by atoms with E-state index < -0.39 is 78.2 Å². The minimum absolute atomic E-state index is 0.144. The molecule has 2 unspecified atom stereocenters. The van der Waals surface area contributed by atoms with E-state index in [-0.39, 0.29) is 18.8 Å². The molecule has 0 bridgehead atoms. The van der Waals surface area contributed by atoms with Gasteiger partial charge in [-0.2, -0.15) is 25.3 Å². The Balaban J connectivity index is 5.85. The van der Waals surface area contributed by atoms with Gasteiger partial charge in [-0.1, -0.05) is 0 Å². The van der Waals surface area contributed by atoms with Crippen molar-refractivity contribution >= 4 is 60.9 Å². The highest BCUT2D eigenvalue weighted by molar-refractivity contribution is 8.12. The van der Waals surface area contributed by atoms with Gasteiger partial charge in [-0.25, -0.2) is 0 Å². The SMILES string of the molecule is O=C(O)CN(CCN(CC(=O)O)C(C(=O)O)C(CO)S[C@](S)(CS)[C@H](O)CO)CC(=O)O. The van der Waals surface area contributed by atoms with E-state index in [2.05, 4.69) is 25.3 Å². The molecule has 186 valence electrons.